The Hall–Kier alpha value is -2.30. The number of nitrogens with one attached hydrogen (secondary N) is 1. The number of carbonyl (C=O) groups excluding carboxylic acids is 1. The number of esters is 1. The average molecular weight is 374 g/mol. The summed E-state index contributed by atoms with van der Waals surface area (Å²) >= 11 is 5.93. The fraction of sp³-hybridized carbons (Fsp3) is 0.286. The Morgan fingerprint density at radius 2 is 1.81 bits per heavy atom. The number of methoxy groups -OCH3 is 2. The summed E-state index contributed by atoms with van der Waals surface area (Å²) in [4.78, 5) is 12.6. The van der Waals surface area contributed by atoms with E-state index in [9.17, 15) is 4.79 Å². The topological polar surface area (TPSA) is 47.6 Å². The first-order valence-electron chi connectivity index (χ1n) is 8.29. The van der Waals surface area contributed by atoms with E-state index in [2.05, 4.69) is 11.9 Å². The summed E-state index contributed by atoms with van der Waals surface area (Å²) in [5.74, 6) is 0.116. The summed E-state index contributed by atoms with van der Waals surface area (Å²) in [6, 6.07) is 15.1. The van der Waals surface area contributed by atoms with E-state index in [1.165, 1.54) is 7.11 Å². The van der Waals surface area contributed by atoms with Crippen LogP contribution in [0.25, 0.3) is 0 Å². The summed E-state index contributed by atoms with van der Waals surface area (Å²) in [7, 11) is 3.00. The molecule has 0 saturated carbocycles. The van der Waals surface area contributed by atoms with Gasteiger partial charge in [0.05, 0.1) is 14.2 Å². The molecule has 0 aliphatic carbocycles. The molecular formula is C21H24ClNO3. The Morgan fingerprint density at radius 1 is 1.19 bits per heavy atom. The van der Waals surface area contributed by atoms with Crippen molar-refractivity contribution in [1.82, 2.24) is 5.32 Å². The van der Waals surface area contributed by atoms with Gasteiger partial charge >= 0.3 is 5.97 Å². The van der Waals surface area contributed by atoms with E-state index in [1.807, 2.05) is 55.5 Å². The van der Waals surface area contributed by atoms with Crippen LogP contribution in [0.15, 0.2) is 61.2 Å². The van der Waals surface area contributed by atoms with E-state index in [0.717, 1.165) is 16.9 Å². The highest BCUT2D eigenvalue weighted by molar-refractivity contribution is 6.30. The molecule has 1 N–H and O–H groups in total. The van der Waals surface area contributed by atoms with Crippen molar-refractivity contribution in [1.29, 1.82) is 0 Å². The second-order valence-corrected chi connectivity index (χ2v) is 6.60. The molecule has 2 atom stereocenters. The van der Waals surface area contributed by atoms with Gasteiger partial charge in [0.15, 0.2) is 0 Å². The third-order valence-corrected chi connectivity index (χ3v) is 4.77. The Morgan fingerprint density at radius 3 is 2.31 bits per heavy atom. The van der Waals surface area contributed by atoms with Crippen molar-refractivity contribution in [3.8, 4) is 5.75 Å². The van der Waals surface area contributed by atoms with E-state index in [0.29, 0.717) is 11.6 Å². The second kappa shape index (κ2) is 8.88. The number of carbonyl (C=O) groups is 1. The molecule has 4 nitrogen and oxygen atoms in total. The first-order chi connectivity index (χ1) is 12.4. The van der Waals surface area contributed by atoms with Gasteiger partial charge in [0.1, 0.15) is 11.3 Å². The van der Waals surface area contributed by atoms with Crippen LogP contribution in [0.5, 0.6) is 5.75 Å². The quantitative estimate of drug-likeness (QED) is 0.552. The Balaban J connectivity index is 2.30. The molecule has 0 spiro atoms. The van der Waals surface area contributed by atoms with E-state index < -0.39 is 5.54 Å². The maximum atomic E-state index is 12.6. The summed E-state index contributed by atoms with van der Waals surface area (Å²) in [5, 5.41) is 4.01. The molecule has 0 heterocycles. The van der Waals surface area contributed by atoms with Crippen LogP contribution < -0.4 is 10.1 Å². The molecule has 0 aliphatic rings. The third-order valence-electron chi connectivity index (χ3n) is 4.52. The van der Waals surface area contributed by atoms with Crippen LogP contribution in [0.3, 0.4) is 0 Å². The predicted octanol–water partition coefficient (Wildman–Crippen LogP) is 4.34. The van der Waals surface area contributed by atoms with Gasteiger partial charge in [-0.1, -0.05) is 41.9 Å². The Kier molecular flexibility index (Phi) is 6.83. The molecule has 2 aromatic carbocycles. The molecule has 2 rings (SSSR count). The first kappa shape index (κ1) is 20.0. The molecule has 138 valence electrons. The second-order valence-electron chi connectivity index (χ2n) is 6.16. The van der Waals surface area contributed by atoms with Gasteiger partial charge in [0, 0.05) is 17.5 Å². The highest BCUT2D eigenvalue weighted by atomic mass is 35.5. The van der Waals surface area contributed by atoms with Gasteiger partial charge in [-0.05, 0) is 42.3 Å². The van der Waals surface area contributed by atoms with Gasteiger partial charge in [-0.25, -0.2) is 0 Å². The highest BCUT2D eigenvalue weighted by Gasteiger charge is 2.41. The van der Waals surface area contributed by atoms with Crippen LogP contribution in [-0.2, 0) is 16.1 Å². The summed E-state index contributed by atoms with van der Waals surface area (Å²) < 4.78 is 10.3. The maximum absolute atomic E-state index is 12.6. The maximum Gasteiger partial charge on any atom is 0.326 e. The first-order valence-corrected chi connectivity index (χ1v) is 8.66. The minimum absolute atomic E-state index is 0.284. The summed E-state index contributed by atoms with van der Waals surface area (Å²) in [6.07, 6.45) is 1.76. The van der Waals surface area contributed by atoms with Gasteiger partial charge in [0.25, 0.3) is 0 Å². The molecule has 0 aromatic heterocycles. The molecule has 0 amide bonds. The lowest BCUT2D eigenvalue weighted by molar-refractivity contribution is -0.148. The molecular weight excluding hydrogens is 350 g/mol. The highest BCUT2D eigenvalue weighted by Crippen LogP contribution is 2.32. The fourth-order valence-corrected chi connectivity index (χ4v) is 3.05. The van der Waals surface area contributed by atoms with Crippen molar-refractivity contribution in [2.45, 2.75) is 24.9 Å². The zero-order valence-electron chi connectivity index (χ0n) is 15.3. The number of rotatable bonds is 8. The fourth-order valence-electron chi connectivity index (χ4n) is 2.93. The van der Waals surface area contributed by atoms with Crippen molar-refractivity contribution >= 4 is 17.6 Å². The molecule has 5 heteroatoms. The molecule has 0 unspecified atom stereocenters. The normalized spacial score (nSPS) is 14.2. The number of ether oxygens (including phenoxy) is 2. The molecule has 2 aromatic rings. The minimum atomic E-state index is -0.981. The Labute approximate surface area is 159 Å². The monoisotopic (exact) mass is 373 g/mol. The predicted molar refractivity (Wildman–Crippen MR) is 105 cm³/mol. The largest absolute Gasteiger partial charge is 0.497 e. The van der Waals surface area contributed by atoms with Crippen LogP contribution >= 0.6 is 11.6 Å². The van der Waals surface area contributed by atoms with E-state index >= 15 is 0 Å². The lowest BCUT2D eigenvalue weighted by Crippen LogP contribution is -2.53. The van der Waals surface area contributed by atoms with Crippen LogP contribution in [0.4, 0.5) is 0 Å². The van der Waals surface area contributed by atoms with Crippen LogP contribution in [0, 0.1) is 0 Å². The summed E-state index contributed by atoms with van der Waals surface area (Å²) in [6.45, 7) is 6.25. The Bertz CT molecular complexity index is 743. The van der Waals surface area contributed by atoms with E-state index in [-0.39, 0.29) is 11.9 Å². The van der Waals surface area contributed by atoms with Crippen LogP contribution in [-0.4, -0.2) is 25.7 Å². The lowest BCUT2D eigenvalue weighted by Gasteiger charge is -2.35. The SMILES string of the molecule is C=C[C@@H](c1ccc(OC)cc1)[C@@](C)(NCc1ccc(Cl)cc1)C(=O)OC. The van der Waals surface area contributed by atoms with Gasteiger partial charge in [-0.2, -0.15) is 0 Å². The van der Waals surface area contributed by atoms with Crippen LogP contribution in [0.1, 0.15) is 24.0 Å². The number of benzene rings is 2. The van der Waals surface area contributed by atoms with Crippen molar-refractivity contribution in [3.05, 3.63) is 77.3 Å². The molecule has 0 radical (unpaired) electrons. The number of halogens is 1. The zero-order chi connectivity index (χ0) is 19.2. The molecule has 0 bridgehead atoms. The molecule has 0 aliphatic heterocycles. The third kappa shape index (κ3) is 4.45. The number of hydrogen-bond acceptors (Lipinski definition) is 4. The van der Waals surface area contributed by atoms with Crippen molar-refractivity contribution < 1.29 is 14.3 Å². The average Bonchev–Trinajstić information content (AvgIpc) is 2.68. The van der Waals surface area contributed by atoms with E-state index in [4.69, 9.17) is 21.1 Å². The van der Waals surface area contributed by atoms with Crippen LogP contribution in [0.2, 0.25) is 5.02 Å². The minimum Gasteiger partial charge on any atom is -0.497 e. The van der Waals surface area contributed by atoms with Gasteiger partial charge in [0.2, 0.25) is 0 Å². The van der Waals surface area contributed by atoms with Gasteiger partial charge < -0.3 is 9.47 Å². The van der Waals surface area contributed by atoms with Gasteiger partial charge in [-0.3, -0.25) is 10.1 Å². The summed E-state index contributed by atoms with van der Waals surface area (Å²) in [5.41, 5.74) is 0.976. The van der Waals surface area contributed by atoms with Gasteiger partial charge in [-0.15, -0.1) is 6.58 Å². The smallest absolute Gasteiger partial charge is 0.326 e. The van der Waals surface area contributed by atoms with Crippen molar-refractivity contribution in [2.75, 3.05) is 14.2 Å². The number of hydrogen-bond donors (Lipinski definition) is 1. The van der Waals surface area contributed by atoms with Crippen molar-refractivity contribution in [3.63, 3.8) is 0 Å². The van der Waals surface area contributed by atoms with E-state index in [1.54, 1.807) is 13.2 Å². The lowest BCUT2D eigenvalue weighted by atomic mass is 9.80. The standard InChI is InChI=1S/C21H24ClNO3/c1-5-19(16-8-12-18(25-3)13-9-16)21(2,20(24)26-4)23-14-15-6-10-17(22)11-7-15/h5-13,19,23H,1,14H2,2-4H3/t19-,21+/m0/s1. The molecule has 0 fully saturated rings. The molecule has 0 saturated heterocycles. The zero-order valence-corrected chi connectivity index (χ0v) is 16.0. The molecule has 26 heavy (non-hydrogen) atoms. The van der Waals surface area contributed by atoms with Crippen molar-refractivity contribution in [2.24, 2.45) is 0 Å².